The van der Waals surface area contributed by atoms with E-state index in [0.29, 0.717) is 9.91 Å². The van der Waals surface area contributed by atoms with E-state index in [0.717, 1.165) is 0 Å². The first-order chi connectivity index (χ1) is 11.5. The number of β-lactam (4-membered cyclic amide) rings is 1. The standard InChI is InChI=1S/C14H14N4O4S2.Na/c1-6(19)9-10-7(2-3-15)8(4-23-14-17-16-5-24-14)11(13(21)22)18(10)12(9)20;/h5-7,9-10,19H,2,4H2,1H3,(H,21,22);/q;+1/p-1/t6-,7-,9-,10+;/m1./s1. The van der Waals surface area contributed by atoms with Crippen LogP contribution in [0.1, 0.15) is 13.3 Å². The van der Waals surface area contributed by atoms with E-state index < -0.39 is 35.9 Å². The van der Waals surface area contributed by atoms with E-state index >= 15 is 0 Å². The van der Waals surface area contributed by atoms with Crippen LogP contribution >= 0.6 is 23.1 Å². The Bertz CT molecular complexity index is 747. The van der Waals surface area contributed by atoms with E-state index in [9.17, 15) is 19.8 Å². The van der Waals surface area contributed by atoms with Gasteiger partial charge in [0.15, 0.2) is 4.34 Å². The van der Waals surface area contributed by atoms with Crippen LogP contribution < -0.4 is 34.7 Å². The summed E-state index contributed by atoms with van der Waals surface area (Å²) in [7, 11) is 0. The summed E-state index contributed by atoms with van der Waals surface area (Å²) in [5.41, 5.74) is 1.88. The van der Waals surface area contributed by atoms with Crippen molar-refractivity contribution in [3.8, 4) is 6.07 Å². The van der Waals surface area contributed by atoms with Gasteiger partial charge in [-0.15, -0.1) is 10.2 Å². The van der Waals surface area contributed by atoms with Gasteiger partial charge in [0.25, 0.3) is 0 Å². The zero-order valence-electron chi connectivity index (χ0n) is 13.6. The molecule has 2 aliphatic rings. The molecule has 0 aromatic carbocycles. The fraction of sp³-hybridized carbons (Fsp3) is 0.500. The summed E-state index contributed by atoms with van der Waals surface area (Å²) in [6.45, 7) is 1.50. The molecule has 8 nitrogen and oxygen atoms in total. The number of rotatable bonds is 6. The molecule has 1 saturated heterocycles. The molecule has 2 aliphatic heterocycles. The number of hydrogen-bond acceptors (Lipinski definition) is 9. The minimum absolute atomic E-state index is 0. The summed E-state index contributed by atoms with van der Waals surface area (Å²) in [4.78, 5) is 25.0. The molecular weight excluding hydrogens is 375 g/mol. The van der Waals surface area contributed by atoms with Crippen molar-refractivity contribution in [3.63, 3.8) is 0 Å². The second kappa shape index (κ2) is 8.16. The first-order valence-electron chi connectivity index (χ1n) is 7.18. The third kappa shape index (κ3) is 3.49. The van der Waals surface area contributed by atoms with Gasteiger partial charge in [0, 0.05) is 18.1 Å². The molecule has 1 amide bonds. The molecule has 0 unspecified atom stereocenters. The molecule has 3 heterocycles. The van der Waals surface area contributed by atoms with Gasteiger partial charge >= 0.3 is 29.6 Å². The number of carboxylic acids is 1. The molecule has 1 aromatic heterocycles. The van der Waals surface area contributed by atoms with Crippen molar-refractivity contribution < 1.29 is 49.4 Å². The first-order valence-corrected chi connectivity index (χ1v) is 9.05. The second-order valence-corrected chi connectivity index (χ2v) is 7.64. The van der Waals surface area contributed by atoms with Crippen LogP contribution in [-0.4, -0.2) is 50.0 Å². The topological polar surface area (TPSA) is 130 Å². The molecule has 1 N–H and O–H groups in total. The van der Waals surface area contributed by atoms with Crippen molar-refractivity contribution in [2.75, 3.05) is 5.75 Å². The number of fused-ring (bicyclic) bond motifs is 1. The average Bonchev–Trinajstić information content (AvgIpc) is 3.10. The second-order valence-electron chi connectivity index (χ2n) is 5.59. The number of thioether (sulfide) groups is 1. The molecule has 25 heavy (non-hydrogen) atoms. The number of hydrogen-bond donors (Lipinski definition) is 1. The molecule has 11 heteroatoms. The Labute approximate surface area is 174 Å². The average molecular weight is 388 g/mol. The molecular formula is C14H13N4NaO4S2. The van der Waals surface area contributed by atoms with E-state index in [4.69, 9.17) is 5.26 Å². The SMILES string of the molecule is C[C@@H](O)[C@H]1C(=O)N2C(C(=O)[O-])=C(CSc3nncs3)[C@@H](CC#N)[C@@H]12.[Na+]. The molecule has 4 atom stereocenters. The normalized spacial score (nSPS) is 25.7. The monoisotopic (exact) mass is 388 g/mol. The minimum atomic E-state index is -1.44. The van der Waals surface area contributed by atoms with Gasteiger partial charge in [-0.3, -0.25) is 4.79 Å². The molecule has 0 spiro atoms. The number of nitrogens with zero attached hydrogens (tertiary/aromatic N) is 4. The zero-order chi connectivity index (χ0) is 17.4. The summed E-state index contributed by atoms with van der Waals surface area (Å²) in [5, 5.41) is 38.1. The fourth-order valence-electron chi connectivity index (χ4n) is 3.36. The van der Waals surface area contributed by atoms with Gasteiger partial charge in [0.05, 0.1) is 35.8 Å². The van der Waals surface area contributed by atoms with Gasteiger partial charge in [-0.2, -0.15) is 5.26 Å². The Morgan fingerprint density at radius 2 is 2.36 bits per heavy atom. The number of aromatic nitrogens is 2. The van der Waals surface area contributed by atoms with E-state index in [1.165, 1.54) is 34.9 Å². The molecule has 0 saturated carbocycles. The van der Waals surface area contributed by atoms with E-state index in [-0.39, 0.29) is 47.4 Å². The maximum atomic E-state index is 12.3. The van der Waals surface area contributed by atoms with E-state index in [2.05, 4.69) is 10.2 Å². The summed E-state index contributed by atoms with van der Waals surface area (Å²) in [6.07, 6.45) is -0.835. The smallest absolute Gasteiger partial charge is 0.543 e. The van der Waals surface area contributed by atoms with Crippen LogP contribution in [0.5, 0.6) is 0 Å². The number of amides is 1. The Kier molecular flexibility index (Phi) is 6.64. The van der Waals surface area contributed by atoms with Crippen molar-refractivity contribution in [1.82, 2.24) is 15.1 Å². The molecule has 0 bridgehead atoms. The van der Waals surface area contributed by atoms with E-state index in [1.807, 2.05) is 6.07 Å². The fourth-order valence-corrected chi connectivity index (χ4v) is 4.95. The van der Waals surface area contributed by atoms with Crippen LogP contribution in [0.3, 0.4) is 0 Å². The number of aliphatic carboxylic acids is 1. The summed E-state index contributed by atoms with van der Waals surface area (Å²) >= 11 is 2.63. The third-order valence-electron chi connectivity index (χ3n) is 4.31. The first kappa shape index (κ1) is 20.4. The summed E-state index contributed by atoms with van der Waals surface area (Å²) in [6, 6.07) is 1.55. The zero-order valence-corrected chi connectivity index (χ0v) is 17.2. The Morgan fingerprint density at radius 1 is 1.64 bits per heavy atom. The largest absolute Gasteiger partial charge is 1.00 e. The van der Waals surface area contributed by atoms with Crippen LogP contribution in [-0.2, 0) is 9.59 Å². The number of aliphatic hydroxyl groups excluding tert-OH is 1. The quantitative estimate of drug-likeness (QED) is 0.300. The van der Waals surface area contributed by atoms with Crippen molar-refractivity contribution in [3.05, 3.63) is 16.8 Å². The number of carbonyl (C=O) groups excluding carboxylic acids is 2. The van der Waals surface area contributed by atoms with Crippen LogP contribution in [0, 0.1) is 23.2 Å². The number of nitriles is 1. The minimum Gasteiger partial charge on any atom is -0.543 e. The maximum absolute atomic E-state index is 12.3. The van der Waals surface area contributed by atoms with Crippen LogP contribution in [0.2, 0.25) is 0 Å². The van der Waals surface area contributed by atoms with Gasteiger partial charge < -0.3 is 19.9 Å². The third-order valence-corrected chi connectivity index (χ3v) is 6.22. The van der Waals surface area contributed by atoms with Gasteiger partial charge in [0.2, 0.25) is 5.91 Å². The number of carboxylic acid groups (broad SMARTS) is 1. The Morgan fingerprint density at radius 3 is 2.88 bits per heavy atom. The van der Waals surface area contributed by atoms with Gasteiger partial charge in [-0.1, -0.05) is 23.1 Å². The summed E-state index contributed by atoms with van der Waals surface area (Å²) < 4.78 is 0.670. The summed E-state index contributed by atoms with van der Waals surface area (Å²) in [5.74, 6) is -2.72. The number of aliphatic hydroxyl groups is 1. The van der Waals surface area contributed by atoms with Crippen LogP contribution in [0.4, 0.5) is 0 Å². The van der Waals surface area contributed by atoms with Crippen LogP contribution in [0.15, 0.2) is 21.1 Å². The van der Waals surface area contributed by atoms with Gasteiger partial charge in [-0.25, -0.2) is 0 Å². The van der Waals surface area contributed by atoms with Crippen molar-refractivity contribution in [1.29, 1.82) is 5.26 Å². The molecule has 1 aromatic rings. The molecule has 0 radical (unpaired) electrons. The number of carbonyl (C=O) groups is 2. The predicted molar refractivity (Wildman–Crippen MR) is 82.2 cm³/mol. The molecule has 126 valence electrons. The molecule has 3 rings (SSSR count). The van der Waals surface area contributed by atoms with Crippen molar-refractivity contribution >= 4 is 35.0 Å². The molecule has 0 aliphatic carbocycles. The molecule has 1 fully saturated rings. The Balaban J connectivity index is 0.00000225. The van der Waals surface area contributed by atoms with Crippen LogP contribution in [0.25, 0.3) is 0 Å². The van der Waals surface area contributed by atoms with Gasteiger partial charge in [-0.05, 0) is 12.5 Å². The Hall–Kier alpha value is -0.960. The van der Waals surface area contributed by atoms with Gasteiger partial charge in [0.1, 0.15) is 5.51 Å². The van der Waals surface area contributed by atoms with Crippen molar-refractivity contribution in [2.45, 2.75) is 29.8 Å². The maximum Gasteiger partial charge on any atom is 1.00 e. The predicted octanol–water partition coefficient (Wildman–Crippen LogP) is -3.61. The van der Waals surface area contributed by atoms with Crippen molar-refractivity contribution in [2.24, 2.45) is 11.8 Å². The van der Waals surface area contributed by atoms with E-state index in [1.54, 1.807) is 5.51 Å².